The topological polar surface area (TPSA) is 42.0 Å². The third-order valence-corrected chi connectivity index (χ3v) is 3.83. The molecule has 0 aliphatic heterocycles. The van der Waals surface area contributed by atoms with E-state index >= 15 is 0 Å². The Morgan fingerprint density at radius 1 is 1.44 bits per heavy atom. The highest BCUT2D eigenvalue weighted by atomic mass is 35.5. The molecule has 1 heterocycles. The molecular formula is C13H13ClN2OS. The fraction of sp³-hybridized carbons (Fsp3) is 0.231. The highest BCUT2D eigenvalue weighted by Crippen LogP contribution is 2.19. The molecule has 0 radical (unpaired) electrons. The lowest BCUT2D eigenvalue weighted by molar-refractivity contribution is 0.103. The summed E-state index contributed by atoms with van der Waals surface area (Å²) in [5, 5.41) is 3.76. The first-order valence-electron chi connectivity index (χ1n) is 5.50. The van der Waals surface area contributed by atoms with Crippen LogP contribution >= 0.6 is 22.9 Å². The number of amides is 1. The molecule has 2 aromatic rings. The van der Waals surface area contributed by atoms with E-state index in [1.54, 1.807) is 0 Å². The van der Waals surface area contributed by atoms with Gasteiger partial charge < -0.3 is 5.32 Å². The first-order valence-corrected chi connectivity index (χ1v) is 6.85. The quantitative estimate of drug-likeness (QED) is 0.870. The highest BCUT2D eigenvalue weighted by Gasteiger charge is 2.13. The predicted molar refractivity (Wildman–Crippen MR) is 75.5 cm³/mol. The minimum atomic E-state index is -0.121. The van der Waals surface area contributed by atoms with Gasteiger partial charge in [-0.3, -0.25) is 4.79 Å². The molecule has 1 N–H and O–H groups in total. The van der Waals surface area contributed by atoms with Gasteiger partial charge in [0.25, 0.3) is 5.91 Å². The van der Waals surface area contributed by atoms with Crippen molar-refractivity contribution in [1.29, 1.82) is 0 Å². The van der Waals surface area contributed by atoms with Crippen LogP contribution in [0.25, 0.3) is 0 Å². The number of hydrogen-bond donors (Lipinski definition) is 1. The highest BCUT2D eigenvalue weighted by molar-refractivity contribution is 7.13. The maximum atomic E-state index is 12.1. The number of hydrogen-bond acceptors (Lipinski definition) is 3. The van der Waals surface area contributed by atoms with Gasteiger partial charge in [-0.15, -0.1) is 22.9 Å². The van der Waals surface area contributed by atoms with Gasteiger partial charge in [0.1, 0.15) is 4.88 Å². The molecule has 0 saturated carbocycles. The monoisotopic (exact) mass is 280 g/mol. The zero-order chi connectivity index (χ0) is 13.1. The molecular weight excluding hydrogens is 268 g/mol. The lowest BCUT2D eigenvalue weighted by Gasteiger charge is -2.05. The molecule has 0 spiro atoms. The largest absolute Gasteiger partial charge is 0.321 e. The normalized spacial score (nSPS) is 10.4. The van der Waals surface area contributed by atoms with Crippen LogP contribution in [0.5, 0.6) is 0 Å². The number of nitrogens with zero attached hydrogens (tertiary/aromatic N) is 1. The zero-order valence-corrected chi connectivity index (χ0v) is 11.7. The number of aryl methyl sites for hydroxylation is 2. The van der Waals surface area contributed by atoms with Crippen LogP contribution < -0.4 is 5.32 Å². The molecule has 0 unspecified atom stereocenters. The van der Waals surface area contributed by atoms with Crippen molar-refractivity contribution < 1.29 is 4.79 Å². The molecule has 0 bridgehead atoms. The van der Waals surface area contributed by atoms with E-state index in [-0.39, 0.29) is 5.91 Å². The number of alkyl halides is 1. The Morgan fingerprint density at radius 3 is 2.83 bits per heavy atom. The molecule has 5 heteroatoms. The van der Waals surface area contributed by atoms with Gasteiger partial charge in [0, 0.05) is 11.6 Å². The molecule has 0 atom stereocenters. The lowest BCUT2D eigenvalue weighted by Crippen LogP contribution is -2.11. The van der Waals surface area contributed by atoms with E-state index in [9.17, 15) is 4.79 Å². The van der Waals surface area contributed by atoms with Crippen LogP contribution in [0.15, 0.2) is 24.3 Å². The number of anilines is 1. The van der Waals surface area contributed by atoms with Crippen LogP contribution in [-0.4, -0.2) is 10.9 Å². The van der Waals surface area contributed by atoms with E-state index in [0.717, 1.165) is 22.0 Å². The molecule has 0 aliphatic rings. The molecule has 0 saturated heterocycles. The standard InChI is InChI=1S/C13H13ClN2OS/c1-8-12(18-9(2)15-8)13(17)16-11-5-3-4-10(6-11)7-14/h3-6H,7H2,1-2H3,(H,16,17). The molecule has 18 heavy (non-hydrogen) atoms. The summed E-state index contributed by atoms with van der Waals surface area (Å²) in [6.45, 7) is 3.73. The predicted octanol–water partition coefficient (Wildman–Crippen LogP) is 3.75. The van der Waals surface area contributed by atoms with E-state index in [1.165, 1.54) is 11.3 Å². The van der Waals surface area contributed by atoms with E-state index in [4.69, 9.17) is 11.6 Å². The second-order valence-electron chi connectivity index (χ2n) is 3.94. The minimum Gasteiger partial charge on any atom is -0.321 e. The fourth-order valence-corrected chi connectivity index (χ4v) is 2.64. The Balaban J connectivity index is 2.18. The molecule has 1 aromatic carbocycles. The Morgan fingerprint density at radius 2 is 2.22 bits per heavy atom. The second kappa shape index (κ2) is 5.50. The number of halogens is 1. The van der Waals surface area contributed by atoms with Crippen LogP contribution in [0.4, 0.5) is 5.69 Å². The van der Waals surface area contributed by atoms with Gasteiger partial charge in [-0.05, 0) is 31.5 Å². The molecule has 94 valence electrons. The summed E-state index contributed by atoms with van der Waals surface area (Å²) < 4.78 is 0. The number of carbonyl (C=O) groups excluding carboxylic acids is 1. The van der Waals surface area contributed by atoms with Crippen LogP contribution in [0.3, 0.4) is 0 Å². The second-order valence-corrected chi connectivity index (χ2v) is 5.41. The van der Waals surface area contributed by atoms with Crippen LogP contribution in [-0.2, 0) is 5.88 Å². The summed E-state index contributed by atoms with van der Waals surface area (Å²) in [5.41, 5.74) is 2.50. The maximum Gasteiger partial charge on any atom is 0.267 e. The smallest absolute Gasteiger partial charge is 0.267 e. The van der Waals surface area contributed by atoms with Crippen molar-refractivity contribution in [3.05, 3.63) is 45.4 Å². The summed E-state index contributed by atoms with van der Waals surface area (Å²) in [6.07, 6.45) is 0. The van der Waals surface area contributed by atoms with E-state index in [2.05, 4.69) is 10.3 Å². The number of rotatable bonds is 3. The van der Waals surface area contributed by atoms with Crippen LogP contribution in [0.2, 0.25) is 0 Å². The van der Waals surface area contributed by atoms with E-state index in [1.807, 2.05) is 38.1 Å². The SMILES string of the molecule is Cc1nc(C)c(C(=O)Nc2cccc(CCl)c2)s1. The van der Waals surface area contributed by atoms with Gasteiger partial charge in [-0.25, -0.2) is 4.98 Å². The summed E-state index contributed by atoms with van der Waals surface area (Å²) in [7, 11) is 0. The van der Waals surface area contributed by atoms with Crippen molar-refractivity contribution in [1.82, 2.24) is 4.98 Å². The average Bonchev–Trinajstić information content (AvgIpc) is 2.69. The molecule has 3 nitrogen and oxygen atoms in total. The minimum absolute atomic E-state index is 0.121. The third kappa shape index (κ3) is 2.89. The van der Waals surface area contributed by atoms with Crippen LogP contribution in [0, 0.1) is 13.8 Å². The Hall–Kier alpha value is -1.39. The van der Waals surface area contributed by atoms with Crippen LogP contribution in [0.1, 0.15) is 25.9 Å². The van der Waals surface area contributed by atoms with Crippen molar-refractivity contribution in [3.8, 4) is 0 Å². The van der Waals surface area contributed by atoms with Gasteiger partial charge in [-0.2, -0.15) is 0 Å². The Bertz CT molecular complexity index is 580. The number of benzene rings is 1. The summed E-state index contributed by atoms with van der Waals surface area (Å²) in [5.74, 6) is 0.312. The van der Waals surface area contributed by atoms with Gasteiger partial charge in [-0.1, -0.05) is 12.1 Å². The number of nitrogens with one attached hydrogen (secondary N) is 1. The van der Waals surface area contributed by atoms with Crippen molar-refractivity contribution in [2.24, 2.45) is 0 Å². The average molecular weight is 281 g/mol. The lowest BCUT2D eigenvalue weighted by atomic mass is 10.2. The first-order chi connectivity index (χ1) is 8.60. The molecule has 0 aliphatic carbocycles. The fourth-order valence-electron chi connectivity index (χ4n) is 1.66. The Labute approximate surface area is 115 Å². The molecule has 1 aromatic heterocycles. The first kappa shape index (κ1) is 13.1. The van der Waals surface area contributed by atoms with Gasteiger partial charge >= 0.3 is 0 Å². The number of thiazole rings is 1. The van der Waals surface area contributed by atoms with Crippen molar-refractivity contribution in [2.45, 2.75) is 19.7 Å². The summed E-state index contributed by atoms with van der Waals surface area (Å²) in [6, 6.07) is 7.51. The molecule has 0 fully saturated rings. The van der Waals surface area contributed by atoms with Crippen molar-refractivity contribution in [2.75, 3.05) is 5.32 Å². The molecule has 1 amide bonds. The number of carbonyl (C=O) groups is 1. The van der Waals surface area contributed by atoms with E-state index < -0.39 is 0 Å². The number of aromatic nitrogens is 1. The molecule has 2 rings (SSSR count). The van der Waals surface area contributed by atoms with Gasteiger partial charge in [0.05, 0.1) is 10.7 Å². The summed E-state index contributed by atoms with van der Waals surface area (Å²) in [4.78, 5) is 17.0. The zero-order valence-electron chi connectivity index (χ0n) is 10.2. The third-order valence-electron chi connectivity index (χ3n) is 2.45. The van der Waals surface area contributed by atoms with Crippen molar-refractivity contribution in [3.63, 3.8) is 0 Å². The summed E-state index contributed by atoms with van der Waals surface area (Å²) >= 11 is 7.16. The van der Waals surface area contributed by atoms with Gasteiger partial charge in [0.15, 0.2) is 0 Å². The van der Waals surface area contributed by atoms with E-state index in [0.29, 0.717) is 10.8 Å². The maximum absolute atomic E-state index is 12.1. The Kier molecular flexibility index (Phi) is 3.99. The van der Waals surface area contributed by atoms with Crippen molar-refractivity contribution >= 4 is 34.5 Å². The van der Waals surface area contributed by atoms with Gasteiger partial charge in [0.2, 0.25) is 0 Å².